The van der Waals surface area contributed by atoms with E-state index in [4.69, 9.17) is 9.47 Å². The molecule has 0 aliphatic rings. The largest absolute Gasteiger partial charge is 0.382 e. The second kappa shape index (κ2) is 19.0. The van der Waals surface area contributed by atoms with Crippen molar-refractivity contribution >= 4 is 0 Å². The maximum atomic E-state index is 5.38. The van der Waals surface area contributed by atoms with E-state index in [1.807, 2.05) is 0 Å². The van der Waals surface area contributed by atoms with Crippen molar-refractivity contribution in [2.45, 2.75) is 109 Å². The van der Waals surface area contributed by atoms with Gasteiger partial charge in [-0.25, -0.2) is 0 Å². The Balaban J connectivity index is 3.08. The van der Waals surface area contributed by atoms with Crippen LogP contribution in [0, 0.1) is 0 Å². The first-order chi connectivity index (χ1) is 10.8. The van der Waals surface area contributed by atoms with E-state index in [1.165, 1.54) is 89.9 Å². The molecular formula is C20H42O2. The smallest absolute Gasteiger partial charge is 0.0804 e. The predicted octanol–water partition coefficient (Wildman–Crippen LogP) is 6.52. The summed E-state index contributed by atoms with van der Waals surface area (Å²) in [5.41, 5.74) is 0. The molecule has 0 heterocycles. The van der Waals surface area contributed by atoms with E-state index in [2.05, 4.69) is 6.92 Å². The Labute approximate surface area is 140 Å². The molecular weight excluding hydrogens is 272 g/mol. The Hall–Kier alpha value is -0.0800. The standard InChI is InChI=1S/C20H42O2/c1-4-5-6-7-8-9-10-11-12-13-14-15-16-17-18-20(22-3)19-21-2/h20H,4-19H2,1-3H3. The van der Waals surface area contributed by atoms with Crippen molar-refractivity contribution in [1.29, 1.82) is 0 Å². The Bertz CT molecular complexity index is 194. The van der Waals surface area contributed by atoms with Crippen LogP contribution in [-0.4, -0.2) is 26.9 Å². The molecule has 0 fully saturated rings. The van der Waals surface area contributed by atoms with Gasteiger partial charge < -0.3 is 9.47 Å². The van der Waals surface area contributed by atoms with Crippen molar-refractivity contribution in [2.24, 2.45) is 0 Å². The minimum Gasteiger partial charge on any atom is -0.382 e. The van der Waals surface area contributed by atoms with E-state index in [9.17, 15) is 0 Å². The van der Waals surface area contributed by atoms with E-state index in [1.54, 1.807) is 14.2 Å². The van der Waals surface area contributed by atoms with Crippen LogP contribution in [0.1, 0.15) is 103 Å². The van der Waals surface area contributed by atoms with Crippen molar-refractivity contribution in [3.8, 4) is 0 Å². The summed E-state index contributed by atoms with van der Waals surface area (Å²) in [5, 5.41) is 0. The maximum absolute atomic E-state index is 5.38. The van der Waals surface area contributed by atoms with Crippen LogP contribution in [0.2, 0.25) is 0 Å². The molecule has 2 heteroatoms. The van der Waals surface area contributed by atoms with E-state index >= 15 is 0 Å². The van der Waals surface area contributed by atoms with Crippen molar-refractivity contribution < 1.29 is 9.47 Å². The highest BCUT2D eigenvalue weighted by atomic mass is 16.5. The van der Waals surface area contributed by atoms with Gasteiger partial charge in [0.15, 0.2) is 0 Å². The molecule has 0 aliphatic heterocycles. The molecule has 0 rings (SSSR count). The number of rotatable bonds is 18. The highest BCUT2D eigenvalue weighted by Gasteiger charge is 2.05. The zero-order valence-corrected chi connectivity index (χ0v) is 15.7. The van der Waals surface area contributed by atoms with Crippen LogP contribution in [0.15, 0.2) is 0 Å². The molecule has 0 N–H and O–H groups in total. The molecule has 0 aromatic carbocycles. The fraction of sp³-hybridized carbons (Fsp3) is 1.00. The van der Waals surface area contributed by atoms with Crippen LogP contribution in [0.4, 0.5) is 0 Å². The van der Waals surface area contributed by atoms with Gasteiger partial charge in [0.2, 0.25) is 0 Å². The van der Waals surface area contributed by atoms with Crippen molar-refractivity contribution in [3.63, 3.8) is 0 Å². The molecule has 1 atom stereocenters. The molecule has 0 aliphatic carbocycles. The molecule has 0 amide bonds. The first-order valence-corrected chi connectivity index (χ1v) is 9.86. The zero-order chi connectivity index (χ0) is 16.3. The topological polar surface area (TPSA) is 18.5 Å². The van der Waals surface area contributed by atoms with Gasteiger partial charge in [0.25, 0.3) is 0 Å². The fourth-order valence-electron chi connectivity index (χ4n) is 3.02. The Morgan fingerprint density at radius 3 is 1.36 bits per heavy atom. The van der Waals surface area contributed by atoms with Gasteiger partial charge >= 0.3 is 0 Å². The summed E-state index contributed by atoms with van der Waals surface area (Å²) in [6.45, 7) is 3.02. The van der Waals surface area contributed by atoms with Gasteiger partial charge in [0.1, 0.15) is 0 Å². The highest BCUT2D eigenvalue weighted by Crippen LogP contribution is 2.14. The Morgan fingerprint density at radius 2 is 1.00 bits per heavy atom. The van der Waals surface area contributed by atoms with Gasteiger partial charge in [-0.3, -0.25) is 0 Å². The molecule has 0 radical (unpaired) electrons. The van der Waals surface area contributed by atoms with Crippen LogP contribution in [0.3, 0.4) is 0 Å². The summed E-state index contributed by atoms with van der Waals surface area (Å²) in [6, 6.07) is 0. The fourth-order valence-corrected chi connectivity index (χ4v) is 3.02. The molecule has 0 saturated heterocycles. The van der Waals surface area contributed by atoms with Gasteiger partial charge in [0, 0.05) is 14.2 Å². The van der Waals surface area contributed by atoms with Gasteiger partial charge in [-0.1, -0.05) is 96.8 Å². The molecule has 22 heavy (non-hydrogen) atoms. The van der Waals surface area contributed by atoms with Crippen LogP contribution in [0.25, 0.3) is 0 Å². The zero-order valence-electron chi connectivity index (χ0n) is 15.7. The Kier molecular flexibility index (Phi) is 18.9. The lowest BCUT2D eigenvalue weighted by molar-refractivity contribution is 0.0220. The van der Waals surface area contributed by atoms with Crippen LogP contribution < -0.4 is 0 Å². The summed E-state index contributed by atoms with van der Waals surface area (Å²) in [6.07, 6.45) is 21.3. The number of hydrogen-bond donors (Lipinski definition) is 0. The van der Waals surface area contributed by atoms with Gasteiger partial charge in [-0.15, -0.1) is 0 Å². The molecule has 2 nitrogen and oxygen atoms in total. The van der Waals surface area contributed by atoms with E-state index in [0.29, 0.717) is 6.10 Å². The Morgan fingerprint density at radius 1 is 0.591 bits per heavy atom. The average Bonchev–Trinajstić information content (AvgIpc) is 2.54. The van der Waals surface area contributed by atoms with Gasteiger partial charge in [0.05, 0.1) is 12.7 Å². The minimum atomic E-state index is 0.294. The molecule has 0 spiro atoms. The summed E-state index contributed by atoms with van der Waals surface area (Å²) < 4.78 is 10.5. The van der Waals surface area contributed by atoms with E-state index in [0.717, 1.165) is 13.0 Å². The van der Waals surface area contributed by atoms with Crippen molar-refractivity contribution in [3.05, 3.63) is 0 Å². The summed E-state index contributed by atoms with van der Waals surface area (Å²) in [7, 11) is 3.53. The molecule has 0 saturated carbocycles. The summed E-state index contributed by atoms with van der Waals surface area (Å²) >= 11 is 0. The monoisotopic (exact) mass is 314 g/mol. The minimum absolute atomic E-state index is 0.294. The summed E-state index contributed by atoms with van der Waals surface area (Å²) in [4.78, 5) is 0. The number of hydrogen-bond acceptors (Lipinski definition) is 2. The number of ether oxygens (including phenoxy) is 2. The van der Waals surface area contributed by atoms with Crippen LogP contribution >= 0.6 is 0 Å². The second-order valence-corrected chi connectivity index (χ2v) is 6.70. The number of unbranched alkanes of at least 4 members (excludes halogenated alkanes) is 13. The first kappa shape index (κ1) is 21.9. The van der Waals surface area contributed by atoms with Crippen LogP contribution in [-0.2, 0) is 9.47 Å². The molecule has 0 aromatic rings. The lowest BCUT2D eigenvalue weighted by Crippen LogP contribution is -2.16. The molecule has 0 bridgehead atoms. The highest BCUT2D eigenvalue weighted by molar-refractivity contribution is 4.56. The second-order valence-electron chi connectivity index (χ2n) is 6.70. The SMILES string of the molecule is CCCCCCCCCCCCCCCCC(COC)OC. The third kappa shape index (κ3) is 16.3. The van der Waals surface area contributed by atoms with E-state index in [-0.39, 0.29) is 0 Å². The van der Waals surface area contributed by atoms with Crippen molar-refractivity contribution in [1.82, 2.24) is 0 Å². The molecule has 1 unspecified atom stereocenters. The van der Waals surface area contributed by atoms with E-state index < -0.39 is 0 Å². The lowest BCUT2D eigenvalue weighted by atomic mass is 10.0. The maximum Gasteiger partial charge on any atom is 0.0804 e. The first-order valence-electron chi connectivity index (χ1n) is 9.86. The summed E-state index contributed by atoms with van der Waals surface area (Å²) in [5.74, 6) is 0. The molecule has 134 valence electrons. The van der Waals surface area contributed by atoms with Crippen LogP contribution in [0.5, 0.6) is 0 Å². The predicted molar refractivity (Wildman–Crippen MR) is 97.6 cm³/mol. The lowest BCUT2D eigenvalue weighted by Gasteiger charge is -2.13. The third-order valence-electron chi connectivity index (χ3n) is 4.57. The number of methoxy groups -OCH3 is 2. The van der Waals surface area contributed by atoms with Crippen molar-refractivity contribution in [2.75, 3.05) is 20.8 Å². The molecule has 0 aromatic heterocycles. The van der Waals surface area contributed by atoms with Gasteiger partial charge in [-0.05, 0) is 6.42 Å². The average molecular weight is 315 g/mol. The third-order valence-corrected chi connectivity index (χ3v) is 4.57. The normalized spacial score (nSPS) is 12.7. The quantitative estimate of drug-likeness (QED) is 0.268. The van der Waals surface area contributed by atoms with Gasteiger partial charge in [-0.2, -0.15) is 0 Å².